The van der Waals surface area contributed by atoms with Gasteiger partial charge >= 0.3 is 5.97 Å². The van der Waals surface area contributed by atoms with Crippen LogP contribution in [0.4, 0.5) is 0 Å². The molecule has 0 aliphatic heterocycles. The van der Waals surface area contributed by atoms with Gasteiger partial charge in [-0.05, 0) is 25.0 Å². The zero-order chi connectivity index (χ0) is 16.8. The summed E-state index contributed by atoms with van der Waals surface area (Å²) in [6, 6.07) is 9.07. The number of nitrogens with one attached hydrogen (secondary N) is 1. The molecule has 1 heterocycles. The highest BCUT2D eigenvalue weighted by Gasteiger charge is 2.18. The molecule has 1 aromatic heterocycles. The maximum absolute atomic E-state index is 12.2. The molecule has 0 saturated heterocycles. The SMILES string of the molecule is O=C(OCc1nc(C(=O)NC2CCCCC2)cs1)c1ccccc1. The number of hydrogen-bond acceptors (Lipinski definition) is 5. The van der Waals surface area contributed by atoms with Crippen molar-refractivity contribution in [1.82, 2.24) is 10.3 Å². The van der Waals surface area contributed by atoms with Crippen molar-refractivity contribution >= 4 is 23.2 Å². The third kappa shape index (κ3) is 4.41. The van der Waals surface area contributed by atoms with Crippen LogP contribution >= 0.6 is 11.3 Å². The van der Waals surface area contributed by atoms with Crippen molar-refractivity contribution in [3.8, 4) is 0 Å². The Hall–Kier alpha value is -2.21. The van der Waals surface area contributed by atoms with Gasteiger partial charge < -0.3 is 10.1 Å². The molecule has 6 heteroatoms. The summed E-state index contributed by atoms with van der Waals surface area (Å²) in [6.45, 7) is 0.0785. The zero-order valence-electron chi connectivity index (χ0n) is 13.4. The lowest BCUT2D eigenvalue weighted by atomic mass is 9.95. The molecule has 2 aromatic rings. The second-order valence-corrected chi connectivity index (χ2v) is 6.82. The van der Waals surface area contributed by atoms with Crippen molar-refractivity contribution in [2.24, 2.45) is 0 Å². The lowest BCUT2D eigenvalue weighted by Crippen LogP contribution is -2.36. The minimum Gasteiger partial charge on any atom is -0.455 e. The van der Waals surface area contributed by atoms with Gasteiger partial charge in [-0.2, -0.15) is 0 Å². The fourth-order valence-electron chi connectivity index (χ4n) is 2.77. The standard InChI is InChI=1S/C18H20N2O3S/c21-17(19-14-9-5-2-6-10-14)15-12-24-16(20-15)11-23-18(22)13-7-3-1-4-8-13/h1,3-4,7-8,12,14H,2,5-6,9-11H2,(H,19,21). The first-order valence-electron chi connectivity index (χ1n) is 8.20. The van der Waals surface area contributed by atoms with Crippen LogP contribution in [0.25, 0.3) is 0 Å². The maximum atomic E-state index is 12.2. The fraction of sp³-hybridized carbons (Fsp3) is 0.389. The predicted octanol–water partition coefficient (Wildman–Crippen LogP) is 3.56. The van der Waals surface area contributed by atoms with E-state index in [1.807, 2.05) is 6.07 Å². The average Bonchev–Trinajstić information content (AvgIpc) is 3.10. The predicted molar refractivity (Wildman–Crippen MR) is 92.0 cm³/mol. The van der Waals surface area contributed by atoms with Gasteiger partial charge in [-0.15, -0.1) is 11.3 Å². The van der Waals surface area contributed by atoms with Gasteiger partial charge in [0.05, 0.1) is 5.56 Å². The number of hydrogen-bond donors (Lipinski definition) is 1. The summed E-state index contributed by atoms with van der Waals surface area (Å²) in [6.07, 6.45) is 5.67. The number of amides is 1. The Labute approximate surface area is 145 Å². The van der Waals surface area contributed by atoms with Gasteiger partial charge in [-0.25, -0.2) is 9.78 Å². The van der Waals surface area contributed by atoms with Gasteiger partial charge in [0.15, 0.2) is 0 Å². The second kappa shape index (κ2) is 8.06. The van der Waals surface area contributed by atoms with Gasteiger partial charge in [0.25, 0.3) is 5.91 Å². The van der Waals surface area contributed by atoms with Crippen LogP contribution in [0.15, 0.2) is 35.7 Å². The topological polar surface area (TPSA) is 68.3 Å². The Balaban J connectivity index is 1.51. The van der Waals surface area contributed by atoms with E-state index < -0.39 is 0 Å². The summed E-state index contributed by atoms with van der Waals surface area (Å²) in [5, 5.41) is 5.37. The van der Waals surface area contributed by atoms with Crippen LogP contribution in [0, 0.1) is 0 Å². The second-order valence-electron chi connectivity index (χ2n) is 5.88. The zero-order valence-corrected chi connectivity index (χ0v) is 14.2. The third-order valence-corrected chi connectivity index (χ3v) is 4.88. The number of rotatable bonds is 5. The molecular weight excluding hydrogens is 324 g/mol. The molecule has 0 bridgehead atoms. The largest absolute Gasteiger partial charge is 0.455 e. The normalized spacial score (nSPS) is 15.0. The molecule has 1 N–H and O–H groups in total. The van der Waals surface area contributed by atoms with Crippen molar-refractivity contribution in [1.29, 1.82) is 0 Å². The molecule has 1 amide bonds. The lowest BCUT2D eigenvalue weighted by Gasteiger charge is -2.22. The van der Waals surface area contributed by atoms with Crippen LogP contribution in [0.5, 0.6) is 0 Å². The minimum atomic E-state index is -0.390. The van der Waals surface area contributed by atoms with Crippen LogP contribution in [-0.2, 0) is 11.3 Å². The summed E-state index contributed by atoms with van der Waals surface area (Å²) in [5.41, 5.74) is 0.903. The highest BCUT2D eigenvalue weighted by Crippen LogP contribution is 2.18. The summed E-state index contributed by atoms with van der Waals surface area (Å²) in [7, 11) is 0. The smallest absolute Gasteiger partial charge is 0.338 e. The molecule has 1 fully saturated rings. The van der Waals surface area contributed by atoms with Crippen molar-refractivity contribution in [2.75, 3.05) is 0 Å². The quantitative estimate of drug-likeness (QED) is 0.842. The molecule has 0 unspecified atom stereocenters. The van der Waals surface area contributed by atoms with Gasteiger partial charge in [0, 0.05) is 11.4 Å². The van der Waals surface area contributed by atoms with E-state index in [4.69, 9.17) is 4.74 Å². The van der Waals surface area contributed by atoms with Crippen molar-refractivity contribution in [3.05, 3.63) is 52.0 Å². The van der Waals surface area contributed by atoms with Crippen molar-refractivity contribution < 1.29 is 14.3 Å². The Bertz CT molecular complexity index is 693. The summed E-state index contributed by atoms with van der Waals surface area (Å²) < 4.78 is 5.23. The molecule has 1 aromatic carbocycles. The molecule has 1 aliphatic rings. The van der Waals surface area contributed by atoms with Crippen LogP contribution in [0.2, 0.25) is 0 Å². The first kappa shape index (κ1) is 16.6. The third-order valence-electron chi connectivity index (χ3n) is 4.06. The molecule has 1 saturated carbocycles. The number of benzene rings is 1. The van der Waals surface area contributed by atoms with E-state index in [0.717, 1.165) is 12.8 Å². The monoisotopic (exact) mass is 344 g/mol. The van der Waals surface area contributed by atoms with E-state index in [1.165, 1.54) is 30.6 Å². The Morgan fingerprint density at radius 3 is 2.67 bits per heavy atom. The minimum absolute atomic E-state index is 0.0785. The molecule has 5 nitrogen and oxygen atoms in total. The molecule has 24 heavy (non-hydrogen) atoms. The van der Waals surface area contributed by atoms with Crippen LogP contribution < -0.4 is 5.32 Å². The van der Waals surface area contributed by atoms with E-state index in [2.05, 4.69) is 10.3 Å². The van der Waals surface area contributed by atoms with E-state index in [9.17, 15) is 9.59 Å². The number of carbonyl (C=O) groups excluding carboxylic acids is 2. The fourth-order valence-corrected chi connectivity index (χ4v) is 3.46. The van der Waals surface area contributed by atoms with Crippen LogP contribution in [0.1, 0.15) is 58.0 Å². The van der Waals surface area contributed by atoms with E-state index >= 15 is 0 Å². The van der Waals surface area contributed by atoms with E-state index in [1.54, 1.807) is 29.6 Å². The van der Waals surface area contributed by atoms with E-state index in [-0.39, 0.29) is 24.5 Å². The molecule has 1 aliphatic carbocycles. The van der Waals surface area contributed by atoms with E-state index in [0.29, 0.717) is 16.3 Å². The van der Waals surface area contributed by atoms with Crippen LogP contribution in [-0.4, -0.2) is 22.9 Å². The number of carbonyl (C=O) groups is 2. The van der Waals surface area contributed by atoms with Crippen molar-refractivity contribution in [3.63, 3.8) is 0 Å². The Morgan fingerprint density at radius 1 is 1.17 bits per heavy atom. The molecule has 3 rings (SSSR count). The van der Waals surface area contributed by atoms with Gasteiger partial charge in [-0.3, -0.25) is 4.79 Å². The number of esters is 1. The summed E-state index contributed by atoms with van der Waals surface area (Å²) in [4.78, 5) is 28.4. The molecule has 0 spiro atoms. The average molecular weight is 344 g/mol. The maximum Gasteiger partial charge on any atom is 0.338 e. The van der Waals surface area contributed by atoms with Gasteiger partial charge in [0.2, 0.25) is 0 Å². The highest BCUT2D eigenvalue weighted by molar-refractivity contribution is 7.09. The summed E-state index contributed by atoms with van der Waals surface area (Å²) >= 11 is 1.33. The Kier molecular flexibility index (Phi) is 5.59. The summed E-state index contributed by atoms with van der Waals surface area (Å²) in [5.74, 6) is -0.530. The van der Waals surface area contributed by atoms with Gasteiger partial charge in [-0.1, -0.05) is 37.5 Å². The van der Waals surface area contributed by atoms with Crippen molar-refractivity contribution in [2.45, 2.75) is 44.8 Å². The number of aromatic nitrogens is 1. The molecular formula is C18H20N2O3S. The highest BCUT2D eigenvalue weighted by atomic mass is 32.1. The number of ether oxygens (including phenoxy) is 1. The first-order valence-corrected chi connectivity index (χ1v) is 9.08. The molecule has 0 atom stereocenters. The van der Waals surface area contributed by atoms with Gasteiger partial charge in [0.1, 0.15) is 17.3 Å². The molecule has 0 radical (unpaired) electrons. The first-order chi connectivity index (χ1) is 11.7. The number of thiazole rings is 1. The molecule has 126 valence electrons. The lowest BCUT2D eigenvalue weighted by molar-refractivity contribution is 0.0472. The Morgan fingerprint density at radius 2 is 1.92 bits per heavy atom. The number of nitrogens with zero attached hydrogens (tertiary/aromatic N) is 1. The van der Waals surface area contributed by atoms with Crippen LogP contribution in [0.3, 0.4) is 0 Å².